The summed E-state index contributed by atoms with van der Waals surface area (Å²) in [5.74, 6) is 0.653. The molecular formula is C17H34N2O2. The first-order valence-electron chi connectivity index (χ1n) is 8.47. The Kier molecular flexibility index (Phi) is 6.98. The Hall–Kier alpha value is -0.770. The maximum Gasteiger partial charge on any atom is 0.410 e. The lowest BCUT2D eigenvalue weighted by atomic mass is 10.0. The van der Waals surface area contributed by atoms with E-state index in [4.69, 9.17) is 4.74 Å². The standard InChI is InChI=1S/C17H34N2O2/c1-7-15(13(2)3)18-11-8-12-19(14-9-10-14)16(20)21-17(4,5)6/h13-15,18H,7-12H2,1-6H3. The number of nitrogens with one attached hydrogen (secondary N) is 1. The van der Waals surface area contributed by atoms with Crippen LogP contribution in [0.4, 0.5) is 4.79 Å². The fourth-order valence-electron chi connectivity index (χ4n) is 2.52. The van der Waals surface area contributed by atoms with E-state index in [0.29, 0.717) is 18.0 Å². The van der Waals surface area contributed by atoms with Crippen molar-refractivity contribution in [3.63, 3.8) is 0 Å². The van der Waals surface area contributed by atoms with Gasteiger partial charge in [-0.2, -0.15) is 0 Å². The fourth-order valence-corrected chi connectivity index (χ4v) is 2.52. The number of ether oxygens (including phenoxy) is 1. The first-order valence-corrected chi connectivity index (χ1v) is 8.47. The largest absolute Gasteiger partial charge is 0.444 e. The van der Waals surface area contributed by atoms with Crippen LogP contribution in [0.15, 0.2) is 0 Å². The van der Waals surface area contributed by atoms with E-state index in [9.17, 15) is 4.79 Å². The van der Waals surface area contributed by atoms with Crippen molar-refractivity contribution in [1.82, 2.24) is 10.2 Å². The third kappa shape index (κ3) is 7.16. The SMILES string of the molecule is CCC(NCCCN(C(=O)OC(C)(C)C)C1CC1)C(C)C. The van der Waals surface area contributed by atoms with Crippen LogP contribution in [0.2, 0.25) is 0 Å². The lowest BCUT2D eigenvalue weighted by Gasteiger charge is -2.28. The molecule has 1 fully saturated rings. The zero-order valence-electron chi connectivity index (χ0n) is 14.7. The molecule has 0 saturated heterocycles. The predicted molar refractivity (Wildman–Crippen MR) is 87.5 cm³/mol. The summed E-state index contributed by atoms with van der Waals surface area (Å²) in [7, 11) is 0. The minimum Gasteiger partial charge on any atom is -0.444 e. The summed E-state index contributed by atoms with van der Waals surface area (Å²) < 4.78 is 5.51. The lowest BCUT2D eigenvalue weighted by molar-refractivity contribution is 0.0231. The Balaban J connectivity index is 2.34. The van der Waals surface area contributed by atoms with Gasteiger partial charge < -0.3 is 15.0 Å². The third-order valence-corrected chi connectivity index (χ3v) is 3.84. The third-order valence-electron chi connectivity index (χ3n) is 3.84. The van der Waals surface area contributed by atoms with Gasteiger partial charge in [0, 0.05) is 18.6 Å². The minimum atomic E-state index is -0.409. The van der Waals surface area contributed by atoms with Crippen molar-refractivity contribution in [2.45, 2.75) is 84.9 Å². The summed E-state index contributed by atoms with van der Waals surface area (Å²) in [4.78, 5) is 14.1. The highest BCUT2D eigenvalue weighted by atomic mass is 16.6. The van der Waals surface area contributed by atoms with Gasteiger partial charge in [0.05, 0.1) is 0 Å². The van der Waals surface area contributed by atoms with Crippen molar-refractivity contribution in [2.24, 2.45) is 5.92 Å². The van der Waals surface area contributed by atoms with Crippen molar-refractivity contribution >= 4 is 6.09 Å². The summed E-state index contributed by atoms with van der Waals surface area (Å²) >= 11 is 0. The summed E-state index contributed by atoms with van der Waals surface area (Å²) in [6, 6.07) is 0.979. The highest BCUT2D eigenvalue weighted by Crippen LogP contribution is 2.28. The molecule has 0 aromatic rings. The molecule has 1 amide bonds. The summed E-state index contributed by atoms with van der Waals surface area (Å²) in [5.41, 5.74) is -0.409. The van der Waals surface area contributed by atoms with Crippen molar-refractivity contribution in [3.8, 4) is 0 Å². The van der Waals surface area contributed by atoms with Gasteiger partial charge in [0.15, 0.2) is 0 Å². The van der Waals surface area contributed by atoms with Gasteiger partial charge in [0.2, 0.25) is 0 Å². The minimum absolute atomic E-state index is 0.152. The van der Waals surface area contributed by atoms with Gasteiger partial charge in [-0.25, -0.2) is 4.79 Å². The number of amides is 1. The number of hydrogen-bond acceptors (Lipinski definition) is 3. The average Bonchev–Trinajstić information content (AvgIpc) is 3.15. The van der Waals surface area contributed by atoms with Gasteiger partial charge in [0.25, 0.3) is 0 Å². The van der Waals surface area contributed by atoms with Crippen molar-refractivity contribution < 1.29 is 9.53 Å². The van der Waals surface area contributed by atoms with Gasteiger partial charge in [-0.05, 0) is 58.9 Å². The van der Waals surface area contributed by atoms with E-state index >= 15 is 0 Å². The molecule has 0 spiro atoms. The molecule has 0 aromatic carbocycles. The lowest BCUT2D eigenvalue weighted by Crippen LogP contribution is -2.40. The molecule has 4 nitrogen and oxygen atoms in total. The molecule has 0 radical (unpaired) electrons. The normalized spacial score (nSPS) is 16.9. The van der Waals surface area contributed by atoms with Crippen LogP contribution in [-0.2, 0) is 4.74 Å². The van der Waals surface area contributed by atoms with Crippen molar-refractivity contribution in [2.75, 3.05) is 13.1 Å². The Morgan fingerprint density at radius 1 is 1.33 bits per heavy atom. The van der Waals surface area contributed by atoms with E-state index in [1.165, 1.54) is 0 Å². The van der Waals surface area contributed by atoms with Crippen LogP contribution in [0, 0.1) is 5.92 Å². The van der Waals surface area contributed by atoms with Gasteiger partial charge in [0.1, 0.15) is 5.60 Å². The topological polar surface area (TPSA) is 41.6 Å². The first kappa shape index (κ1) is 18.3. The van der Waals surface area contributed by atoms with Crippen LogP contribution in [0.5, 0.6) is 0 Å². The quantitative estimate of drug-likeness (QED) is 0.693. The van der Waals surface area contributed by atoms with E-state index in [0.717, 1.165) is 38.8 Å². The molecule has 1 rings (SSSR count). The maximum absolute atomic E-state index is 12.2. The molecule has 1 unspecified atom stereocenters. The molecule has 1 aliphatic rings. The van der Waals surface area contributed by atoms with Gasteiger partial charge in [-0.15, -0.1) is 0 Å². The summed E-state index contributed by atoms with van der Waals surface area (Å²) in [5, 5.41) is 3.59. The first-order chi connectivity index (χ1) is 9.74. The van der Waals surface area contributed by atoms with Crippen LogP contribution in [0.1, 0.15) is 67.2 Å². The molecule has 21 heavy (non-hydrogen) atoms. The van der Waals surface area contributed by atoms with Crippen LogP contribution in [0.3, 0.4) is 0 Å². The van der Waals surface area contributed by atoms with E-state index in [1.807, 2.05) is 25.7 Å². The molecule has 124 valence electrons. The smallest absolute Gasteiger partial charge is 0.410 e. The molecular weight excluding hydrogens is 264 g/mol. The van der Waals surface area contributed by atoms with Crippen LogP contribution < -0.4 is 5.32 Å². The van der Waals surface area contributed by atoms with Crippen molar-refractivity contribution in [3.05, 3.63) is 0 Å². The number of carbonyl (C=O) groups is 1. The maximum atomic E-state index is 12.2. The van der Waals surface area contributed by atoms with Crippen molar-refractivity contribution in [1.29, 1.82) is 0 Å². The monoisotopic (exact) mass is 298 g/mol. The molecule has 0 aliphatic heterocycles. The number of hydrogen-bond donors (Lipinski definition) is 1. The van der Waals surface area contributed by atoms with Crippen LogP contribution >= 0.6 is 0 Å². The highest BCUT2D eigenvalue weighted by Gasteiger charge is 2.34. The number of rotatable bonds is 8. The Bertz CT molecular complexity index is 319. The second-order valence-corrected chi connectivity index (χ2v) is 7.47. The zero-order valence-corrected chi connectivity index (χ0v) is 14.7. The molecule has 1 aliphatic carbocycles. The Labute approximate surface area is 130 Å². The van der Waals surface area contributed by atoms with Crippen LogP contribution in [-0.4, -0.2) is 41.8 Å². The zero-order chi connectivity index (χ0) is 16.0. The predicted octanol–water partition coefficient (Wildman–Crippen LogP) is 3.80. The molecule has 1 N–H and O–H groups in total. The number of carbonyl (C=O) groups excluding carboxylic acids is 1. The van der Waals surface area contributed by atoms with E-state index in [2.05, 4.69) is 26.1 Å². The van der Waals surface area contributed by atoms with E-state index < -0.39 is 5.60 Å². The molecule has 1 saturated carbocycles. The van der Waals surface area contributed by atoms with Gasteiger partial charge in [-0.3, -0.25) is 0 Å². The Morgan fingerprint density at radius 3 is 2.38 bits per heavy atom. The van der Waals surface area contributed by atoms with E-state index in [-0.39, 0.29) is 6.09 Å². The van der Waals surface area contributed by atoms with Crippen LogP contribution in [0.25, 0.3) is 0 Å². The highest BCUT2D eigenvalue weighted by molar-refractivity contribution is 5.69. The van der Waals surface area contributed by atoms with E-state index in [1.54, 1.807) is 0 Å². The molecule has 4 heteroatoms. The molecule has 0 aromatic heterocycles. The average molecular weight is 298 g/mol. The van der Waals surface area contributed by atoms with Gasteiger partial charge in [-0.1, -0.05) is 20.8 Å². The second kappa shape index (κ2) is 8.02. The number of nitrogens with zero attached hydrogens (tertiary/aromatic N) is 1. The molecule has 0 bridgehead atoms. The fraction of sp³-hybridized carbons (Fsp3) is 0.941. The second-order valence-electron chi connectivity index (χ2n) is 7.47. The molecule has 0 heterocycles. The molecule has 1 atom stereocenters. The van der Waals surface area contributed by atoms with Gasteiger partial charge >= 0.3 is 6.09 Å². The Morgan fingerprint density at radius 2 is 1.95 bits per heavy atom. The summed E-state index contributed by atoms with van der Waals surface area (Å²) in [6.45, 7) is 14.2. The summed E-state index contributed by atoms with van der Waals surface area (Å²) in [6.07, 6.45) is 4.22.